The monoisotopic (exact) mass is 219 g/mol. The summed E-state index contributed by atoms with van der Waals surface area (Å²) in [4.78, 5) is 0. The van der Waals surface area contributed by atoms with Crippen molar-refractivity contribution in [3.8, 4) is 0 Å². The molecule has 1 aromatic heterocycles. The van der Waals surface area contributed by atoms with Gasteiger partial charge in [0.25, 0.3) is 0 Å². The van der Waals surface area contributed by atoms with Crippen LogP contribution in [-0.2, 0) is 0 Å². The van der Waals surface area contributed by atoms with Crippen molar-refractivity contribution in [3.63, 3.8) is 0 Å². The molecule has 0 spiro atoms. The van der Waals surface area contributed by atoms with Gasteiger partial charge in [0.05, 0.1) is 0 Å². The summed E-state index contributed by atoms with van der Waals surface area (Å²) in [6, 6.07) is 4.83. The minimum absolute atomic E-state index is 0.620. The maximum atomic E-state index is 3.85. The molecule has 1 rings (SSSR count). The molecule has 0 aromatic carbocycles. The second-order valence-corrected chi connectivity index (χ2v) is 4.51. The summed E-state index contributed by atoms with van der Waals surface area (Å²) in [6.07, 6.45) is 15.6. The summed E-state index contributed by atoms with van der Waals surface area (Å²) in [5.74, 6) is 0. The zero-order chi connectivity index (χ0) is 11.6. The molecule has 1 unspecified atom stereocenters. The molecule has 1 atom stereocenters. The first-order valence-electron chi connectivity index (χ1n) is 6.61. The van der Waals surface area contributed by atoms with Gasteiger partial charge in [0.1, 0.15) is 0 Å². The van der Waals surface area contributed by atoms with E-state index in [-0.39, 0.29) is 0 Å². The normalized spacial score (nSPS) is 12.6. The molecule has 0 aliphatic rings. The molecule has 1 aromatic rings. The average Bonchev–Trinajstić information content (AvgIpc) is 2.81. The SMILES string of the molecule is C=CCC(CCCCCCC)n1cccc1. The number of nitrogens with zero attached hydrogens (tertiary/aromatic N) is 1. The Morgan fingerprint density at radius 1 is 1.12 bits per heavy atom. The van der Waals surface area contributed by atoms with E-state index >= 15 is 0 Å². The van der Waals surface area contributed by atoms with Crippen LogP contribution < -0.4 is 0 Å². The Morgan fingerprint density at radius 2 is 1.81 bits per heavy atom. The summed E-state index contributed by atoms with van der Waals surface area (Å²) in [5.41, 5.74) is 0. The molecule has 0 saturated carbocycles. The van der Waals surface area contributed by atoms with Crippen molar-refractivity contribution in [2.45, 2.75) is 57.9 Å². The maximum absolute atomic E-state index is 3.85. The summed E-state index contributed by atoms with van der Waals surface area (Å²) >= 11 is 0. The van der Waals surface area contributed by atoms with Gasteiger partial charge >= 0.3 is 0 Å². The molecule has 0 aliphatic heterocycles. The van der Waals surface area contributed by atoms with Crippen LogP contribution in [0.5, 0.6) is 0 Å². The molecule has 1 heterocycles. The van der Waals surface area contributed by atoms with E-state index in [4.69, 9.17) is 0 Å². The highest BCUT2D eigenvalue weighted by Crippen LogP contribution is 2.20. The quantitative estimate of drug-likeness (QED) is 0.408. The third-order valence-electron chi connectivity index (χ3n) is 3.13. The summed E-state index contributed by atoms with van der Waals surface area (Å²) < 4.78 is 2.32. The van der Waals surface area contributed by atoms with Gasteiger partial charge in [0, 0.05) is 18.4 Å². The van der Waals surface area contributed by atoms with Crippen LogP contribution in [0.25, 0.3) is 0 Å². The minimum Gasteiger partial charge on any atom is -0.351 e. The fourth-order valence-corrected chi connectivity index (χ4v) is 2.16. The lowest BCUT2D eigenvalue weighted by atomic mass is 10.0. The molecule has 0 amide bonds. The number of hydrogen-bond donors (Lipinski definition) is 0. The van der Waals surface area contributed by atoms with Crippen LogP contribution in [0.3, 0.4) is 0 Å². The number of rotatable bonds is 9. The molecule has 1 heteroatoms. The first kappa shape index (κ1) is 13.1. The van der Waals surface area contributed by atoms with Gasteiger partial charge in [0.15, 0.2) is 0 Å². The molecule has 16 heavy (non-hydrogen) atoms. The van der Waals surface area contributed by atoms with E-state index in [1.54, 1.807) is 0 Å². The van der Waals surface area contributed by atoms with E-state index in [9.17, 15) is 0 Å². The molecular formula is C15H25N. The van der Waals surface area contributed by atoms with E-state index in [2.05, 4.69) is 42.6 Å². The number of aromatic nitrogens is 1. The van der Waals surface area contributed by atoms with Crippen LogP contribution in [0.15, 0.2) is 37.2 Å². The van der Waals surface area contributed by atoms with Crippen molar-refractivity contribution in [1.82, 2.24) is 4.57 Å². The Bertz CT molecular complexity index is 261. The second kappa shape index (κ2) is 8.20. The molecule has 0 N–H and O–H groups in total. The van der Waals surface area contributed by atoms with Gasteiger partial charge in [-0.3, -0.25) is 0 Å². The molecular weight excluding hydrogens is 194 g/mol. The van der Waals surface area contributed by atoms with E-state index in [1.165, 1.54) is 38.5 Å². The van der Waals surface area contributed by atoms with Crippen LogP contribution in [0.4, 0.5) is 0 Å². The summed E-state index contributed by atoms with van der Waals surface area (Å²) in [6.45, 7) is 6.12. The first-order chi connectivity index (χ1) is 7.88. The smallest absolute Gasteiger partial charge is 0.0365 e. The van der Waals surface area contributed by atoms with Gasteiger partial charge in [-0.15, -0.1) is 6.58 Å². The third-order valence-corrected chi connectivity index (χ3v) is 3.13. The van der Waals surface area contributed by atoms with Crippen LogP contribution in [0.2, 0.25) is 0 Å². The Hall–Kier alpha value is -0.980. The molecule has 0 saturated heterocycles. The Morgan fingerprint density at radius 3 is 2.44 bits per heavy atom. The summed E-state index contributed by atoms with van der Waals surface area (Å²) in [5, 5.41) is 0. The highest BCUT2D eigenvalue weighted by atomic mass is 15.0. The van der Waals surface area contributed by atoms with Gasteiger partial charge in [-0.25, -0.2) is 0 Å². The first-order valence-corrected chi connectivity index (χ1v) is 6.61. The predicted octanol–water partition coefficient (Wildman–Crippen LogP) is 4.97. The Labute approximate surface area is 100 Å². The molecule has 1 nitrogen and oxygen atoms in total. The predicted molar refractivity (Wildman–Crippen MR) is 71.7 cm³/mol. The fraction of sp³-hybridized carbons (Fsp3) is 0.600. The lowest BCUT2D eigenvalue weighted by Crippen LogP contribution is -2.05. The largest absolute Gasteiger partial charge is 0.351 e. The van der Waals surface area contributed by atoms with E-state index < -0.39 is 0 Å². The van der Waals surface area contributed by atoms with Gasteiger partial charge in [0.2, 0.25) is 0 Å². The topological polar surface area (TPSA) is 4.93 Å². The molecule has 90 valence electrons. The number of allylic oxidation sites excluding steroid dienone is 1. The van der Waals surface area contributed by atoms with Gasteiger partial charge in [-0.1, -0.05) is 45.1 Å². The number of unbranched alkanes of at least 4 members (excludes halogenated alkanes) is 4. The van der Waals surface area contributed by atoms with Gasteiger partial charge in [-0.05, 0) is 25.0 Å². The zero-order valence-electron chi connectivity index (χ0n) is 10.6. The maximum Gasteiger partial charge on any atom is 0.0365 e. The lowest BCUT2D eigenvalue weighted by molar-refractivity contribution is 0.443. The van der Waals surface area contributed by atoms with Crippen molar-refractivity contribution in [3.05, 3.63) is 37.2 Å². The van der Waals surface area contributed by atoms with Gasteiger partial charge < -0.3 is 4.57 Å². The van der Waals surface area contributed by atoms with E-state index in [0.29, 0.717) is 6.04 Å². The highest BCUT2D eigenvalue weighted by molar-refractivity contribution is 4.94. The van der Waals surface area contributed by atoms with E-state index in [0.717, 1.165) is 6.42 Å². The van der Waals surface area contributed by atoms with Crippen LogP contribution in [0.1, 0.15) is 57.9 Å². The van der Waals surface area contributed by atoms with Gasteiger partial charge in [-0.2, -0.15) is 0 Å². The Kier molecular flexibility index (Phi) is 6.71. The summed E-state index contributed by atoms with van der Waals surface area (Å²) in [7, 11) is 0. The van der Waals surface area contributed by atoms with Crippen molar-refractivity contribution >= 4 is 0 Å². The fourth-order valence-electron chi connectivity index (χ4n) is 2.16. The molecule has 0 radical (unpaired) electrons. The van der Waals surface area contributed by atoms with Crippen LogP contribution in [0, 0.1) is 0 Å². The second-order valence-electron chi connectivity index (χ2n) is 4.51. The number of hydrogen-bond acceptors (Lipinski definition) is 0. The molecule has 0 bridgehead atoms. The van der Waals surface area contributed by atoms with Crippen LogP contribution >= 0.6 is 0 Å². The van der Waals surface area contributed by atoms with Crippen molar-refractivity contribution in [2.24, 2.45) is 0 Å². The molecule has 0 fully saturated rings. The standard InChI is InChI=1S/C15H25N/c1-3-5-6-7-8-12-15(11-4-2)16-13-9-10-14-16/h4,9-10,13-15H,2-3,5-8,11-12H2,1H3. The minimum atomic E-state index is 0.620. The average molecular weight is 219 g/mol. The van der Waals surface area contributed by atoms with Crippen molar-refractivity contribution in [2.75, 3.05) is 0 Å². The van der Waals surface area contributed by atoms with Crippen LogP contribution in [-0.4, -0.2) is 4.57 Å². The lowest BCUT2D eigenvalue weighted by Gasteiger charge is -2.17. The molecule has 0 aliphatic carbocycles. The zero-order valence-corrected chi connectivity index (χ0v) is 10.6. The highest BCUT2D eigenvalue weighted by Gasteiger charge is 2.07. The van der Waals surface area contributed by atoms with E-state index in [1.807, 2.05) is 6.08 Å². The van der Waals surface area contributed by atoms with Crippen molar-refractivity contribution in [1.29, 1.82) is 0 Å². The Balaban J connectivity index is 2.26. The van der Waals surface area contributed by atoms with Crippen molar-refractivity contribution < 1.29 is 0 Å². The third kappa shape index (κ3) is 4.69.